The van der Waals surface area contributed by atoms with E-state index in [0.717, 1.165) is 22.3 Å². The van der Waals surface area contributed by atoms with Gasteiger partial charge in [0.25, 0.3) is 0 Å². The maximum atomic E-state index is 13.2. The second-order valence-corrected chi connectivity index (χ2v) is 7.06. The van der Waals surface area contributed by atoms with Crippen LogP contribution in [-0.2, 0) is 14.3 Å². The van der Waals surface area contributed by atoms with E-state index in [1.807, 2.05) is 25.1 Å². The van der Waals surface area contributed by atoms with Crippen LogP contribution in [0.2, 0.25) is 0 Å². The Balaban J connectivity index is 1.73. The molecule has 1 atom stereocenters. The molecule has 2 aliphatic heterocycles. The van der Waals surface area contributed by atoms with Crippen molar-refractivity contribution < 1.29 is 18.7 Å². The van der Waals surface area contributed by atoms with Gasteiger partial charge in [-0.2, -0.15) is 0 Å². The van der Waals surface area contributed by atoms with Crippen molar-refractivity contribution in [2.45, 2.75) is 31.2 Å². The summed E-state index contributed by atoms with van der Waals surface area (Å²) in [6.07, 6.45) is 1.04. The monoisotopic (exact) mass is 353 g/mol. The average molecular weight is 353 g/mol. The summed E-state index contributed by atoms with van der Waals surface area (Å²) >= 11 is 0. The van der Waals surface area contributed by atoms with E-state index in [4.69, 9.17) is 4.74 Å². The predicted molar refractivity (Wildman–Crippen MR) is 95.2 cm³/mol. The molecular weight excluding hydrogens is 333 g/mol. The third-order valence-corrected chi connectivity index (χ3v) is 5.47. The van der Waals surface area contributed by atoms with Gasteiger partial charge in [0.15, 0.2) is 5.78 Å². The van der Waals surface area contributed by atoms with Gasteiger partial charge >= 0.3 is 0 Å². The number of hydrogen-bond acceptors (Lipinski definition) is 3. The predicted octanol–water partition coefficient (Wildman–Crippen LogP) is 3.13. The van der Waals surface area contributed by atoms with Gasteiger partial charge in [-0.3, -0.25) is 9.59 Å². The van der Waals surface area contributed by atoms with E-state index in [-0.39, 0.29) is 17.5 Å². The van der Waals surface area contributed by atoms with Gasteiger partial charge < -0.3 is 10.1 Å². The van der Waals surface area contributed by atoms with Crippen LogP contribution < -0.4 is 5.32 Å². The Hall–Kier alpha value is -2.53. The fraction of sp³-hybridized carbons (Fsp3) is 0.333. The lowest BCUT2D eigenvalue weighted by Gasteiger charge is -2.31. The largest absolute Gasteiger partial charge is 0.381 e. The molecule has 1 amide bonds. The van der Waals surface area contributed by atoms with Gasteiger partial charge in [-0.1, -0.05) is 24.3 Å². The highest BCUT2D eigenvalue weighted by Crippen LogP contribution is 2.38. The molecule has 4 nitrogen and oxygen atoms in total. The van der Waals surface area contributed by atoms with E-state index in [2.05, 4.69) is 5.32 Å². The maximum absolute atomic E-state index is 13.2. The minimum Gasteiger partial charge on any atom is -0.381 e. The van der Waals surface area contributed by atoms with Crippen LogP contribution in [0.1, 0.15) is 29.9 Å². The highest BCUT2D eigenvalue weighted by molar-refractivity contribution is 6.17. The first-order chi connectivity index (χ1) is 12.5. The van der Waals surface area contributed by atoms with Crippen molar-refractivity contribution in [2.24, 2.45) is 0 Å². The number of benzene rings is 2. The summed E-state index contributed by atoms with van der Waals surface area (Å²) < 4.78 is 18.5. The van der Waals surface area contributed by atoms with E-state index < -0.39 is 11.5 Å². The van der Waals surface area contributed by atoms with E-state index in [1.165, 1.54) is 12.1 Å². The van der Waals surface area contributed by atoms with Crippen LogP contribution >= 0.6 is 0 Å². The molecule has 1 unspecified atom stereocenters. The molecule has 1 N–H and O–H groups in total. The topological polar surface area (TPSA) is 55.4 Å². The standard InChI is InChI=1S/C21H20FNO3/c1-13-2-3-15(14-4-6-16(22)7-5-14)12-17(13)18-19(24)21(23-20(18)25)8-10-26-11-9-21/h2-7,12,18H,8-11H2,1H3,(H,23,25). The van der Waals surface area contributed by atoms with E-state index in [0.29, 0.717) is 26.1 Å². The number of Topliss-reactive ketones (excluding diaryl/α,β-unsaturated/α-hetero) is 1. The Morgan fingerprint density at radius 1 is 1.04 bits per heavy atom. The number of ketones is 1. The van der Waals surface area contributed by atoms with Crippen LogP contribution in [0.5, 0.6) is 0 Å². The van der Waals surface area contributed by atoms with Crippen LogP contribution in [0.4, 0.5) is 4.39 Å². The van der Waals surface area contributed by atoms with Gasteiger partial charge in [0.1, 0.15) is 17.3 Å². The zero-order valence-electron chi connectivity index (χ0n) is 14.5. The Bertz CT molecular complexity index is 869. The zero-order valence-corrected chi connectivity index (χ0v) is 14.5. The van der Waals surface area contributed by atoms with Gasteiger partial charge in [-0.15, -0.1) is 0 Å². The molecule has 0 saturated carbocycles. The number of hydrogen-bond donors (Lipinski definition) is 1. The van der Waals surface area contributed by atoms with Crippen molar-refractivity contribution in [1.82, 2.24) is 5.32 Å². The van der Waals surface area contributed by atoms with Crippen LogP contribution in [0, 0.1) is 12.7 Å². The molecule has 2 aromatic carbocycles. The summed E-state index contributed by atoms with van der Waals surface area (Å²) in [6, 6.07) is 11.9. The molecule has 0 radical (unpaired) electrons. The molecule has 0 aliphatic carbocycles. The lowest BCUT2D eigenvalue weighted by atomic mass is 9.80. The number of carbonyl (C=O) groups excluding carboxylic acids is 2. The molecule has 4 rings (SSSR count). The lowest BCUT2D eigenvalue weighted by Crippen LogP contribution is -2.50. The summed E-state index contributed by atoms with van der Waals surface area (Å²) in [5.41, 5.74) is 2.53. The number of amides is 1. The molecule has 0 aromatic heterocycles. The van der Waals surface area contributed by atoms with Crippen molar-refractivity contribution in [1.29, 1.82) is 0 Å². The van der Waals surface area contributed by atoms with E-state index in [9.17, 15) is 14.0 Å². The molecule has 2 heterocycles. The average Bonchev–Trinajstić information content (AvgIpc) is 2.87. The molecule has 2 saturated heterocycles. The molecule has 26 heavy (non-hydrogen) atoms. The van der Waals surface area contributed by atoms with Gasteiger partial charge in [0.05, 0.1) is 0 Å². The van der Waals surface area contributed by atoms with Gasteiger partial charge in [-0.05, 0) is 47.4 Å². The molecular formula is C21H20FNO3. The number of halogens is 1. The molecule has 1 spiro atoms. The number of rotatable bonds is 2. The zero-order chi connectivity index (χ0) is 18.3. The quantitative estimate of drug-likeness (QED) is 0.844. The van der Waals surface area contributed by atoms with Crippen molar-refractivity contribution in [2.75, 3.05) is 13.2 Å². The molecule has 2 fully saturated rings. The summed E-state index contributed by atoms with van der Waals surface area (Å²) in [5, 5.41) is 2.94. The first kappa shape index (κ1) is 16.9. The number of carbonyl (C=O) groups is 2. The van der Waals surface area contributed by atoms with Gasteiger partial charge in [0.2, 0.25) is 5.91 Å². The van der Waals surface area contributed by atoms with Gasteiger partial charge in [0, 0.05) is 26.1 Å². The number of ether oxygens (including phenoxy) is 1. The molecule has 0 bridgehead atoms. The second kappa shape index (κ2) is 6.32. The number of aryl methyl sites for hydroxylation is 1. The number of nitrogens with one attached hydrogen (secondary N) is 1. The molecule has 5 heteroatoms. The molecule has 2 aliphatic rings. The maximum Gasteiger partial charge on any atom is 0.235 e. The van der Waals surface area contributed by atoms with Crippen molar-refractivity contribution >= 4 is 11.7 Å². The molecule has 134 valence electrons. The van der Waals surface area contributed by atoms with Crippen LogP contribution in [0.15, 0.2) is 42.5 Å². The van der Waals surface area contributed by atoms with Crippen molar-refractivity contribution in [3.8, 4) is 11.1 Å². The SMILES string of the molecule is Cc1ccc(-c2ccc(F)cc2)cc1C1C(=O)NC2(CCOCC2)C1=O. The lowest BCUT2D eigenvalue weighted by molar-refractivity contribution is -0.127. The Labute approximate surface area is 151 Å². The van der Waals surface area contributed by atoms with E-state index in [1.54, 1.807) is 12.1 Å². The Kier molecular flexibility index (Phi) is 4.11. The van der Waals surface area contributed by atoms with Crippen LogP contribution in [0.3, 0.4) is 0 Å². The highest BCUT2D eigenvalue weighted by Gasteiger charge is 2.53. The third-order valence-electron chi connectivity index (χ3n) is 5.47. The molecule has 2 aromatic rings. The first-order valence-electron chi connectivity index (χ1n) is 8.81. The minimum atomic E-state index is -0.798. The van der Waals surface area contributed by atoms with Gasteiger partial charge in [-0.25, -0.2) is 4.39 Å². The normalized spacial score (nSPS) is 21.8. The second-order valence-electron chi connectivity index (χ2n) is 7.06. The summed E-state index contributed by atoms with van der Waals surface area (Å²) in [5.74, 6) is -1.40. The van der Waals surface area contributed by atoms with E-state index >= 15 is 0 Å². The smallest absolute Gasteiger partial charge is 0.235 e. The Morgan fingerprint density at radius 3 is 2.38 bits per heavy atom. The fourth-order valence-electron chi connectivity index (χ4n) is 3.91. The third kappa shape index (κ3) is 2.72. The summed E-state index contributed by atoms with van der Waals surface area (Å²) in [6.45, 7) is 2.86. The van der Waals surface area contributed by atoms with Crippen LogP contribution in [-0.4, -0.2) is 30.4 Å². The first-order valence-corrected chi connectivity index (χ1v) is 8.81. The Morgan fingerprint density at radius 2 is 1.69 bits per heavy atom. The van der Waals surface area contributed by atoms with Crippen molar-refractivity contribution in [3.63, 3.8) is 0 Å². The summed E-state index contributed by atoms with van der Waals surface area (Å²) in [4.78, 5) is 25.8. The fourth-order valence-corrected chi connectivity index (χ4v) is 3.91. The van der Waals surface area contributed by atoms with Crippen molar-refractivity contribution in [3.05, 3.63) is 59.4 Å². The highest BCUT2D eigenvalue weighted by atomic mass is 19.1. The summed E-state index contributed by atoms with van der Waals surface area (Å²) in [7, 11) is 0. The minimum absolute atomic E-state index is 0.0647. The van der Waals surface area contributed by atoms with Crippen LogP contribution in [0.25, 0.3) is 11.1 Å².